The van der Waals surface area contributed by atoms with Crippen LogP contribution in [0.2, 0.25) is 0 Å². The van der Waals surface area contributed by atoms with Crippen molar-refractivity contribution >= 4 is 0 Å². The third-order valence-corrected chi connectivity index (χ3v) is 3.57. The summed E-state index contributed by atoms with van der Waals surface area (Å²) in [5.41, 5.74) is 1.51. The Morgan fingerprint density at radius 1 is 1.20 bits per heavy atom. The van der Waals surface area contributed by atoms with Crippen LogP contribution in [0.25, 0.3) is 0 Å². The number of hydrogen-bond acceptors (Lipinski definition) is 1. The first kappa shape index (κ1) is 10.7. The number of rotatable bonds is 4. The van der Waals surface area contributed by atoms with Gasteiger partial charge in [0.15, 0.2) is 0 Å². The van der Waals surface area contributed by atoms with Crippen LogP contribution in [0.1, 0.15) is 31.7 Å². The molecule has 3 atom stereocenters. The summed E-state index contributed by atoms with van der Waals surface area (Å²) in [5, 5.41) is 3.39. The van der Waals surface area contributed by atoms with Gasteiger partial charge in [0.05, 0.1) is 0 Å². The predicted molar refractivity (Wildman–Crippen MR) is 65.0 cm³/mol. The van der Waals surface area contributed by atoms with Gasteiger partial charge in [-0.1, -0.05) is 44.2 Å². The first-order valence-corrected chi connectivity index (χ1v) is 5.96. The highest BCUT2D eigenvalue weighted by molar-refractivity contribution is 5.24. The number of benzene rings is 1. The Hall–Kier alpha value is -0.820. The van der Waals surface area contributed by atoms with Gasteiger partial charge in [-0.05, 0) is 36.8 Å². The first-order chi connectivity index (χ1) is 7.24. The molecule has 0 spiro atoms. The Labute approximate surface area is 92.9 Å². The molecule has 0 heterocycles. The minimum Gasteiger partial charge on any atom is -0.317 e. The fourth-order valence-corrected chi connectivity index (χ4v) is 2.75. The lowest BCUT2D eigenvalue weighted by Gasteiger charge is -2.21. The van der Waals surface area contributed by atoms with Gasteiger partial charge in [0, 0.05) is 6.04 Å². The van der Waals surface area contributed by atoms with Crippen molar-refractivity contribution in [2.24, 2.45) is 11.8 Å². The Morgan fingerprint density at radius 3 is 2.33 bits per heavy atom. The molecule has 1 aromatic carbocycles. The maximum atomic E-state index is 3.39. The Morgan fingerprint density at radius 2 is 1.87 bits per heavy atom. The van der Waals surface area contributed by atoms with E-state index in [2.05, 4.69) is 56.5 Å². The molecular weight excluding hydrogens is 182 g/mol. The molecule has 0 aliphatic heterocycles. The van der Waals surface area contributed by atoms with E-state index in [9.17, 15) is 0 Å². The van der Waals surface area contributed by atoms with E-state index in [4.69, 9.17) is 0 Å². The molecule has 82 valence electrons. The Kier molecular flexibility index (Phi) is 3.11. The van der Waals surface area contributed by atoms with Gasteiger partial charge in [0.25, 0.3) is 0 Å². The van der Waals surface area contributed by atoms with Crippen molar-refractivity contribution in [1.29, 1.82) is 0 Å². The van der Waals surface area contributed by atoms with E-state index >= 15 is 0 Å². The molecule has 1 aromatic rings. The smallest absolute Gasteiger partial charge is 0.0102 e. The quantitative estimate of drug-likeness (QED) is 0.793. The van der Waals surface area contributed by atoms with E-state index in [0.717, 1.165) is 23.8 Å². The summed E-state index contributed by atoms with van der Waals surface area (Å²) in [6, 6.07) is 11.7. The van der Waals surface area contributed by atoms with Gasteiger partial charge >= 0.3 is 0 Å². The van der Waals surface area contributed by atoms with Gasteiger partial charge in [-0.15, -0.1) is 0 Å². The molecule has 1 aliphatic carbocycles. The SMILES string of the molecule is CNC1CC1C(c1ccccc1)C(C)C. The van der Waals surface area contributed by atoms with Crippen molar-refractivity contribution in [3.8, 4) is 0 Å². The summed E-state index contributed by atoms with van der Waals surface area (Å²) in [5.74, 6) is 2.30. The average molecular weight is 203 g/mol. The highest BCUT2D eigenvalue weighted by atomic mass is 14.9. The molecule has 0 bridgehead atoms. The van der Waals surface area contributed by atoms with E-state index in [1.54, 1.807) is 0 Å². The topological polar surface area (TPSA) is 12.0 Å². The van der Waals surface area contributed by atoms with Gasteiger partial charge in [0.1, 0.15) is 0 Å². The summed E-state index contributed by atoms with van der Waals surface area (Å²) in [6.45, 7) is 4.67. The minimum absolute atomic E-state index is 0.726. The summed E-state index contributed by atoms with van der Waals surface area (Å²) in [6.07, 6.45) is 1.34. The van der Waals surface area contributed by atoms with Crippen molar-refractivity contribution in [2.75, 3.05) is 7.05 Å². The summed E-state index contributed by atoms with van der Waals surface area (Å²) >= 11 is 0. The largest absolute Gasteiger partial charge is 0.317 e. The Balaban J connectivity index is 2.15. The van der Waals surface area contributed by atoms with Crippen molar-refractivity contribution in [3.05, 3.63) is 35.9 Å². The van der Waals surface area contributed by atoms with Crippen LogP contribution >= 0.6 is 0 Å². The van der Waals surface area contributed by atoms with Crippen LogP contribution in [-0.2, 0) is 0 Å². The van der Waals surface area contributed by atoms with Crippen molar-refractivity contribution in [1.82, 2.24) is 5.32 Å². The molecule has 1 saturated carbocycles. The van der Waals surface area contributed by atoms with Gasteiger partial charge in [-0.3, -0.25) is 0 Å². The minimum atomic E-state index is 0.726. The van der Waals surface area contributed by atoms with E-state index in [0.29, 0.717) is 0 Å². The zero-order valence-corrected chi connectivity index (χ0v) is 9.90. The van der Waals surface area contributed by atoms with Gasteiger partial charge in [-0.25, -0.2) is 0 Å². The monoisotopic (exact) mass is 203 g/mol. The van der Waals surface area contributed by atoms with Crippen LogP contribution < -0.4 is 5.32 Å². The van der Waals surface area contributed by atoms with Crippen molar-refractivity contribution < 1.29 is 0 Å². The van der Waals surface area contributed by atoms with Crippen LogP contribution in [0.15, 0.2) is 30.3 Å². The van der Waals surface area contributed by atoms with Gasteiger partial charge in [0.2, 0.25) is 0 Å². The molecule has 0 aromatic heterocycles. The fraction of sp³-hybridized carbons (Fsp3) is 0.571. The maximum Gasteiger partial charge on any atom is 0.0102 e. The lowest BCUT2D eigenvalue weighted by atomic mass is 9.84. The molecule has 1 aliphatic rings. The predicted octanol–water partition coefficient (Wildman–Crippen LogP) is 3.03. The van der Waals surface area contributed by atoms with E-state index < -0.39 is 0 Å². The number of hydrogen-bond donors (Lipinski definition) is 1. The van der Waals surface area contributed by atoms with Crippen LogP contribution in [0.5, 0.6) is 0 Å². The molecule has 15 heavy (non-hydrogen) atoms. The fourth-order valence-electron chi connectivity index (χ4n) is 2.75. The molecule has 1 heteroatoms. The van der Waals surface area contributed by atoms with Crippen LogP contribution in [0.4, 0.5) is 0 Å². The standard InChI is InChI=1S/C14H21N/c1-10(2)14(12-9-13(12)15-3)11-7-5-4-6-8-11/h4-8,10,12-15H,9H2,1-3H3. The highest BCUT2D eigenvalue weighted by Gasteiger charge is 2.43. The van der Waals surface area contributed by atoms with Crippen LogP contribution in [0.3, 0.4) is 0 Å². The molecule has 0 saturated heterocycles. The molecule has 2 rings (SSSR count). The van der Waals surface area contributed by atoms with Gasteiger partial charge in [-0.2, -0.15) is 0 Å². The normalized spacial score (nSPS) is 26.7. The average Bonchev–Trinajstić information content (AvgIpc) is 2.98. The highest BCUT2D eigenvalue weighted by Crippen LogP contribution is 2.46. The van der Waals surface area contributed by atoms with Crippen LogP contribution in [-0.4, -0.2) is 13.1 Å². The summed E-state index contributed by atoms with van der Waals surface area (Å²) < 4.78 is 0. The maximum absolute atomic E-state index is 3.39. The Bertz CT molecular complexity index is 304. The van der Waals surface area contributed by atoms with E-state index in [-0.39, 0.29) is 0 Å². The molecule has 3 unspecified atom stereocenters. The van der Waals surface area contributed by atoms with Crippen molar-refractivity contribution in [3.63, 3.8) is 0 Å². The van der Waals surface area contributed by atoms with Crippen LogP contribution in [0, 0.1) is 11.8 Å². The molecule has 1 fully saturated rings. The molecule has 1 N–H and O–H groups in total. The summed E-state index contributed by atoms with van der Waals surface area (Å²) in [4.78, 5) is 0. The molecular formula is C14H21N. The van der Waals surface area contributed by atoms with E-state index in [1.165, 1.54) is 12.0 Å². The lowest BCUT2D eigenvalue weighted by Crippen LogP contribution is -2.17. The third-order valence-electron chi connectivity index (χ3n) is 3.57. The second-order valence-electron chi connectivity index (χ2n) is 4.98. The number of nitrogens with one attached hydrogen (secondary N) is 1. The first-order valence-electron chi connectivity index (χ1n) is 5.96. The summed E-state index contributed by atoms with van der Waals surface area (Å²) in [7, 11) is 2.08. The zero-order valence-electron chi connectivity index (χ0n) is 9.90. The molecule has 0 amide bonds. The molecule has 1 nitrogen and oxygen atoms in total. The second kappa shape index (κ2) is 4.36. The van der Waals surface area contributed by atoms with Crippen molar-refractivity contribution in [2.45, 2.75) is 32.2 Å². The second-order valence-corrected chi connectivity index (χ2v) is 4.98. The molecule has 0 radical (unpaired) electrons. The van der Waals surface area contributed by atoms with Gasteiger partial charge < -0.3 is 5.32 Å². The third kappa shape index (κ3) is 2.23. The van der Waals surface area contributed by atoms with E-state index in [1.807, 2.05) is 0 Å². The zero-order chi connectivity index (χ0) is 10.8. The lowest BCUT2D eigenvalue weighted by molar-refractivity contribution is 0.434.